The first-order valence-electron chi connectivity index (χ1n) is 10.4. The van der Waals surface area contributed by atoms with Gasteiger partial charge in [-0.3, -0.25) is 9.69 Å². The number of sulfonamides is 1. The second-order valence-electron chi connectivity index (χ2n) is 8.36. The summed E-state index contributed by atoms with van der Waals surface area (Å²) in [6.07, 6.45) is 0.431. The molecular formula is C23H31N3O4S. The Morgan fingerprint density at radius 1 is 1.16 bits per heavy atom. The maximum atomic E-state index is 13.0. The van der Waals surface area contributed by atoms with Crippen LogP contribution in [0.1, 0.15) is 48.3 Å². The highest BCUT2D eigenvalue weighted by Gasteiger charge is 2.23. The Bertz CT molecular complexity index is 1010. The fourth-order valence-corrected chi connectivity index (χ4v) is 4.55. The van der Waals surface area contributed by atoms with Gasteiger partial charge in [0.05, 0.1) is 23.1 Å². The molecule has 0 radical (unpaired) electrons. The minimum Gasteiger partial charge on any atom is -0.373 e. The summed E-state index contributed by atoms with van der Waals surface area (Å²) in [4.78, 5) is 17.0. The Labute approximate surface area is 184 Å². The van der Waals surface area contributed by atoms with Crippen LogP contribution in [0.15, 0.2) is 53.4 Å². The second-order valence-corrected chi connectivity index (χ2v) is 9.92. The van der Waals surface area contributed by atoms with Crippen LogP contribution < -0.4 is 5.14 Å². The first-order chi connectivity index (χ1) is 14.5. The van der Waals surface area contributed by atoms with E-state index in [-0.39, 0.29) is 29.1 Å². The molecule has 2 N–H and O–H groups in total. The largest absolute Gasteiger partial charge is 0.373 e. The molecule has 1 amide bonds. The molecule has 1 aliphatic rings. The zero-order valence-corrected chi connectivity index (χ0v) is 19.3. The van der Waals surface area contributed by atoms with Crippen molar-refractivity contribution in [2.24, 2.45) is 5.14 Å². The van der Waals surface area contributed by atoms with E-state index in [1.165, 1.54) is 12.1 Å². The maximum Gasteiger partial charge on any atom is 0.254 e. The molecule has 3 unspecified atom stereocenters. The van der Waals surface area contributed by atoms with E-state index in [2.05, 4.69) is 18.7 Å². The molecule has 1 heterocycles. The first-order valence-corrected chi connectivity index (χ1v) is 12.0. The van der Waals surface area contributed by atoms with Crippen molar-refractivity contribution in [1.82, 2.24) is 9.80 Å². The van der Waals surface area contributed by atoms with Crippen LogP contribution in [0, 0.1) is 0 Å². The third kappa shape index (κ3) is 5.92. The van der Waals surface area contributed by atoms with Gasteiger partial charge in [-0.15, -0.1) is 0 Å². The van der Waals surface area contributed by atoms with Crippen molar-refractivity contribution in [2.75, 3.05) is 20.1 Å². The van der Waals surface area contributed by atoms with Gasteiger partial charge in [0.15, 0.2) is 0 Å². The Morgan fingerprint density at radius 3 is 2.35 bits per heavy atom. The number of hydrogen-bond acceptors (Lipinski definition) is 5. The molecule has 168 valence electrons. The van der Waals surface area contributed by atoms with Crippen LogP contribution in [0.3, 0.4) is 0 Å². The van der Waals surface area contributed by atoms with Gasteiger partial charge in [0.1, 0.15) is 0 Å². The van der Waals surface area contributed by atoms with Crippen LogP contribution >= 0.6 is 0 Å². The molecule has 0 saturated carbocycles. The van der Waals surface area contributed by atoms with Gasteiger partial charge in [-0.1, -0.05) is 24.3 Å². The molecule has 8 heteroatoms. The summed E-state index contributed by atoms with van der Waals surface area (Å²) in [5, 5.41) is 5.23. The average Bonchev–Trinajstić information content (AvgIpc) is 2.71. The zero-order chi connectivity index (χ0) is 22.8. The number of amides is 1. The van der Waals surface area contributed by atoms with Crippen LogP contribution in [0.4, 0.5) is 0 Å². The standard InChI is InChI=1S/C23H31N3O4S/c1-16-13-26(14-17(2)30-16)15-19-8-10-20(11-9-19)23(27)25(4)18(3)21-6-5-7-22(12-21)31(24,28)29/h5-12,16-18H,13-15H2,1-4H3,(H2,24,28,29). The molecule has 0 aromatic heterocycles. The molecule has 3 rings (SSSR count). The van der Waals surface area contributed by atoms with Crippen molar-refractivity contribution in [1.29, 1.82) is 0 Å². The van der Waals surface area contributed by atoms with E-state index in [0.29, 0.717) is 11.1 Å². The minimum atomic E-state index is -3.80. The lowest BCUT2D eigenvalue weighted by Gasteiger charge is -2.35. The number of nitrogens with two attached hydrogens (primary N) is 1. The van der Waals surface area contributed by atoms with Crippen molar-refractivity contribution < 1.29 is 17.9 Å². The maximum absolute atomic E-state index is 13.0. The lowest BCUT2D eigenvalue weighted by Crippen LogP contribution is -2.44. The summed E-state index contributed by atoms with van der Waals surface area (Å²) in [5.74, 6) is -0.131. The zero-order valence-electron chi connectivity index (χ0n) is 18.5. The lowest BCUT2D eigenvalue weighted by atomic mass is 10.1. The van der Waals surface area contributed by atoms with E-state index in [0.717, 1.165) is 25.2 Å². The van der Waals surface area contributed by atoms with Crippen LogP contribution in [0.25, 0.3) is 0 Å². The predicted octanol–water partition coefficient (Wildman–Crippen LogP) is 2.78. The predicted molar refractivity (Wildman–Crippen MR) is 120 cm³/mol. The number of rotatable bonds is 6. The van der Waals surface area contributed by atoms with Crippen molar-refractivity contribution in [3.63, 3.8) is 0 Å². The van der Waals surface area contributed by atoms with Gasteiger partial charge in [0, 0.05) is 32.2 Å². The number of hydrogen-bond donors (Lipinski definition) is 1. The monoisotopic (exact) mass is 445 g/mol. The highest BCUT2D eigenvalue weighted by Crippen LogP contribution is 2.23. The molecule has 1 fully saturated rings. The molecule has 1 saturated heterocycles. The van der Waals surface area contributed by atoms with E-state index in [1.54, 1.807) is 24.1 Å². The molecule has 7 nitrogen and oxygen atoms in total. The summed E-state index contributed by atoms with van der Waals surface area (Å²) in [6.45, 7) is 8.63. The third-order valence-corrected chi connectivity index (χ3v) is 6.58. The highest BCUT2D eigenvalue weighted by molar-refractivity contribution is 7.89. The molecular weight excluding hydrogens is 414 g/mol. The van der Waals surface area contributed by atoms with Gasteiger partial charge in [0.2, 0.25) is 10.0 Å². The summed E-state index contributed by atoms with van der Waals surface area (Å²) in [7, 11) is -2.09. The van der Waals surface area contributed by atoms with E-state index < -0.39 is 10.0 Å². The SMILES string of the molecule is CC1CN(Cc2ccc(C(=O)N(C)C(C)c3cccc(S(N)(=O)=O)c3)cc2)CC(C)O1. The van der Waals surface area contributed by atoms with Crippen molar-refractivity contribution in [3.05, 3.63) is 65.2 Å². The number of benzene rings is 2. The normalized spacial score (nSPS) is 20.9. The Morgan fingerprint density at radius 2 is 1.77 bits per heavy atom. The van der Waals surface area contributed by atoms with Crippen molar-refractivity contribution in [2.45, 2.75) is 50.5 Å². The summed E-state index contributed by atoms with van der Waals surface area (Å²) >= 11 is 0. The van der Waals surface area contributed by atoms with E-state index >= 15 is 0 Å². The summed E-state index contributed by atoms with van der Waals surface area (Å²) < 4.78 is 29.0. The topological polar surface area (TPSA) is 92.9 Å². The molecule has 31 heavy (non-hydrogen) atoms. The number of carbonyl (C=O) groups excluding carboxylic acids is 1. The quantitative estimate of drug-likeness (QED) is 0.738. The molecule has 3 atom stereocenters. The number of carbonyl (C=O) groups is 1. The van der Waals surface area contributed by atoms with Gasteiger partial charge >= 0.3 is 0 Å². The third-order valence-electron chi connectivity index (χ3n) is 5.67. The number of primary sulfonamides is 1. The van der Waals surface area contributed by atoms with Gasteiger partial charge in [-0.25, -0.2) is 13.6 Å². The fourth-order valence-electron chi connectivity index (χ4n) is 3.98. The molecule has 0 aliphatic carbocycles. The van der Waals surface area contributed by atoms with Crippen molar-refractivity contribution in [3.8, 4) is 0 Å². The molecule has 2 aromatic rings. The van der Waals surface area contributed by atoms with E-state index in [4.69, 9.17) is 9.88 Å². The Hall–Kier alpha value is -2.26. The number of nitrogens with zero attached hydrogens (tertiary/aromatic N) is 2. The molecule has 2 aromatic carbocycles. The number of ether oxygens (including phenoxy) is 1. The second kappa shape index (κ2) is 9.48. The molecule has 0 bridgehead atoms. The lowest BCUT2D eigenvalue weighted by molar-refractivity contribution is -0.0704. The van der Waals surface area contributed by atoms with Gasteiger partial charge < -0.3 is 9.64 Å². The van der Waals surface area contributed by atoms with Crippen LogP contribution in [0.2, 0.25) is 0 Å². The smallest absolute Gasteiger partial charge is 0.254 e. The van der Waals surface area contributed by atoms with Crippen LogP contribution in [-0.4, -0.2) is 56.5 Å². The summed E-state index contributed by atoms with van der Waals surface area (Å²) in [5.41, 5.74) is 2.44. The van der Waals surface area contributed by atoms with Crippen molar-refractivity contribution >= 4 is 15.9 Å². The molecule has 0 spiro atoms. The number of morpholine rings is 1. The highest BCUT2D eigenvalue weighted by atomic mass is 32.2. The van der Waals surface area contributed by atoms with Crippen LogP contribution in [-0.2, 0) is 21.3 Å². The van der Waals surface area contributed by atoms with E-state index in [9.17, 15) is 13.2 Å². The molecule has 1 aliphatic heterocycles. The average molecular weight is 446 g/mol. The fraction of sp³-hybridized carbons (Fsp3) is 0.435. The van der Waals surface area contributed by atoms with Crippen LogP contribution in [0.5, 0.6) is 0 Å². The van der Waals surface area contributed by atoms with Gasteiger partial charge in [0.25, 0.3) is 5.91 Å². The first kappa shape index (κ1) is 23.4. The van der Waals surface area contributed by atoms with E-state index in [1.807, 2.05) is 31.2 Å². The van der Waals surface area contributed by atoms with Gasteiger partial charge in [-0.05, 0) is 56.2 Å². The minimum absolute atomic E-state index is 0.0359. The Balaban J connectivity index is 1.68. The van der Waals surface area contributed by atoms with Gasteiger partial charge in [-0.2, -0.15) is 0 Å². The Kier molecular flexibility index (Phi) is 7.16. The summed E-state index contributed by atoms with van der Waals surface area (Å²) in [6, 6.07) is 13.7.